The molecule has 3 rings (SSSR count). The van der Waals surface area contributed by atoms with Gasteiger partial charge in [-0.3, -0.25) is 9.80 Å². The number of nitrogens with zero attached hydrogens (tertiary/aromatic N) is 3. The van der Waals surface area contributed by atoms with E-state index in [1.165, 1.54) is 37.1 Å². The first-order valence-electron chi connectivity index (χ1n) is 11.0. The molecule has 5 nitrogen and oxygen atoms in total. The number of rotatable bonds is 9. The average Bonchev–Trinajstić information content (AvgIpc) is 2.91. The van der Waals surface area contributed by atoms with Gasteiger partial charge in [0.05, 0.1) is 26.4 Å². The van der Waals surface area contributed by atoms with Crippen molar-refractivity contribution in [3.63, 3.8) is 0 Å². The molecular formula is C22H39N3O2. The van der Waals surface area contributed by atoms with E-state index in [-0.39, 0.29) is 0 Å². The van der Waals surface area contributed by atoms with Gasteiger partial charge in [-0.05, 0) is 31.4 Å². The summed E-state index contributed by atoms with van der Waals surface area (Å²) in [6, 6.07) is 0. The predicted octanol–water partition coefficient (Wildman–Crippen LogP) is 3.35. The first kappa shape index (κ1) is 20.8. The van der Waals surface area contributed by atoms with Crippen LogP contribution in [0.25, 0.3) is 0 Å². The number of hydrogen-bond acceptors (Lipinski definition) is 4. The van der Waals surface area contributed by atoms with Gasteiger partial charge in [-0.25, -0.2) is 0 Å². The van der Waals surface area contributed by atoms with E-state index >= 15 is 0 Å². The van der Waals surface area contributed by atoms with Crippen LogP contribution in [0.5, 0.6) is 0 Å². The zero-order valence-electron chi connectivity index (χ0n) is 17.8. The summed E-state index contributed by atoms with van der Waals surface area (Å²) >= 11 is 0. The van der Waals surface area contributed by atoms with E-state index in [0.29, 0.717) is 0 Å². The second-order valence-electron chi connectivity index (χ2n) is 8.12. The maximum absolute atomic E-state index is 5.56. The van der Waals surface area contributed by atoms with Crippen LogP contribution < -0.4 is 0 Å². The van der Waals surface area contributed by atoms with E-state index in [1.807, 2.05) is 0 Å². The normalized spacial score (nSPS) is 19.7. The minimum atomic E-state index is 0.870. The summed E-state index contributed by atoms with van der Waals surface area (Å²) in [5.74, 6) is 0. The lowest BCUT2D eigenvalue weighted by Crippen LogP contribution is -2.37. The van der Waals surface area contributed by atoms with Gasteiger partial charge in [0.1, 0.15) is 0 Å². The molecule has 1 aromatic heterocycles. The monoisotopic (exact) mass is 377 g/mol. The minimum Gasteiger partial charge on any atom is -0.379 e. The van der Waals surface area contributed by atoms with Crippen molar-refractivity contribution in [3.8, 4) is 0 Å². The predicted molar refractivity (Wildman–Crippen MR) is 110 cm³/mol. The molecule has 0 bridgehead atoms. The zero-order valence-corrected chi connectivity index (χ0v) is 17.8. The van der Waals surface area contributed by atoms with Gasteiger partial charge in [0.25, 0.3) is 0 Å². The van der Waals surface area contributed by atoms with Gasteiger partial charge in [-0.15, -0.1) is 0 Å². The number of aromatic nitrogens is 1. The standard InChI is InChI=1S/C22H39N3O2/c1-4-5-6-7-8-25-19(2)21(17-23-9-13-26-14-10-23)22(20(25)3)18-24-11-15-27-16-12-24/h4-18H2,1-3H3. The topological polar surface area (TPSA) is 29.9 Å². The summed E-state index contributed by atoms with van der Waals surface area (Å²) in [6.07, 6.45) is 5.28. The number of morpholine rings is 2. The van der Waals surface area contributed by atoms with E-state index < -0.39 is 0 Å². The number of hydrogen-bond donors (Lipinski definition) is 0. The highest BCUT2D eigenvalue weighted by Crippen LogP contribution is 2.27. The third kappa shape index (κ3) is 5.57. The van der Waals surface area contributed by atoms with Gasteiger partial charge in [-0.1, -0.05) is 26.2 Å². The Balaban J connectivity index is 1.77. The van der Waals surface area contributed by atoms with Gasteiger partial charge >= 0.3 is 0 Å². The van der Waals surface area contributed by atoms with Crippen LogP contribution in [0.1, 0.15) is 55.1 Å². The molecule has 0 atom stereocenters. The van der Waals surface area contributed by atoms with Crippen molar-refractivity contribution in [1.82, 2.24) is 14.4 Å². The molecule has 0 spiro atoms. The van der Waals surface area contributed by atoms with Gasteiger partial charge in [0.15, 0.2) is 0 Å². The second-order valence-corrected chi connectivity index (χ2v) is 8.12. The maximum atomic E-state index is 5.56. The van der Waals surface area contributed by atoms with Crippen molar-refractivity contribution in [2.45, 2.75) is 66.1 Å². The Kier molecular flexibility index (Phi) is 8.19. The van der Waals surface area contributed by atoms with Crippen LogP contribution in [0.3, 0.4) is 0 Å². The molecule has 3 heterocycles. The van der Waals surface area contributed by atoms with Crippen molar-refractivity contribution in [2.24, 2.45) is 0 Å². The van der Waals surface area contributed by atoms with Crippen LogP contribution in [0.15, 0.2) is 0 Å². The van der Waals surface area contributed by atoms with Crippen molar-refractivity contribution < 1.29 is 9.47 Å². The fraction of sp³-hybridized carbons (Fsp3) is 0.818. The zero-order chi connectivity index (χ0) is 19.1. The van der Waals surface area contributed by atoms with Gasteiger partial charge in [0, 0.05) is 57.2 Å². The largest absolute Gasteiger partial charge is 0.379 e. The van der Waals surface area contributed by atoms with Crippen LogP contribution in [0, 0.1) is 13.8 Å². The summed E-state index contributed by atoms with van der Waals surface area (Å²) in [6.45, 7) is 17.9. The van der Waals surface area contributed by atoms with Crippen molar-refractivity contribution in [1.29, 1.82) is 0 Å². The molecule has 0 unspecified atom stereocenters. The second kappa shape index (κ2) is 10.6. The van der Waals surface area contributed by atoms with E-state index in [2.05, 4.69) is 35.1 Å². The van der Waals surface area contributed by atoms with Crippen LogP contribution in [0.4, 0.5) is 0 Å². The van der Waals surface area contributed by atoms with Crippen molar-refractivity contribution in [3.05, 3.63) is 22.5 Å². The first-order valence-corrected chi connectivity index (χ1v) is 11.0. The average molecular weight is 378 g/mol. The minimum absolute atomic E-state index is 0.870. The van der Waals surface area contributed by atoms with Crippen molar-refractivity contribution >= 4 is 0 Å². The Bertz CT molecular complexity index is 529. The molecule has 2 saturated heterocycles. The molecule has 0 amide bonds. The van der Waals surface area contributed by atoms with Crippen molar-refractivity contribution in [2.75, 3.05) is 52.6 Å². The number of ether oxygens (including phenoxy) is 2. The smallest absolute Gasteiger partial charge is 0.0594 e. The molecule has 0 saturated carbocycles. The lowest BCUT2D eigenvalue weighted by molar-refractivity contribution is 0.0309. The Morgan fingerprint density at radius 3 is 1.63 bits per heavy atom. The van der Waals surface area contributed by atoms with Gasteiger partial charge in [-0.2, -0.15) is 0 Å². The molecule has 0 radical (unpaired) electrons. The Labute approximate surface area is 165 Å². The lowest BCUT2D eigenvalue weighted by Gasteiger charge is -2.29. The third-order valence-electron chi connectivity index (χ3n) is 6.25. The molecule has 154 valence electrons. The van der Waals surface area contributed by atoms with Crippen LogP contribution in [-0.4, -0.2) is 67.0 Å². The van der Waals surface area contributed by atoms with E-state index in [1.54, 1.807) is 11.1 Å². The fourth-order valence-corrected chi connectivity index (χ4v) is 4.43. The van der Waals surface area contributed by atoms with E-state index in [0.717, 1.165) is 72.2 Å². The van der Waals surface area contributed by atoms with Crippen LogP contribution in [0.2, 0.25) is 0 Å². The molecule has 1 aromatic rings. The fourth-order valence-electron chi connectivity index (χ4n) is 4.43. The highest BCUT2D eigenvalue weighted by atomic mass is 16.5. The summed E-state index contributed by atoms with van der Waals surface area (Å²) < 4.78 is 13.7. The Hall–Kier alpha value is -0.880. The summed E-state index contributed by atoms with van der Waals surface area (Å²) in [7, 11) is 0. The SMILES string of the molecule is CCCCCCn1c(C)c(CN2CCOCC2)c(CN2CCOCC2)c1C. The van der Waals surface area contributed by atoms with Gasteiger partial charge < -0.3 is 14.0 Å². The quantitative estimate of drug-likeness (QED) is 0.618. The third-order valence-corrected chi connectivity index (χ3v) is 6.25. The Morgan fingerprint density at radius 1 is 0.704 bits per heavy atom. The molecule has 27 heavy (non-hydrogen) atoms. The summed E-state index contributed by atoms with van der Waals surface area (Å²) in [5, 5.41) is 0. The van der Waals surface area contributed by atoms with Crippen LogP contribution in [-0.2, 0) is 29.1 Å². The highest BCUT2D eigenvalue weighted by molar-refractivity contribution is 5.38. The van der Waals surface area contributed by atoms with E-state index in [9.17, 15) is 0 Å². The molecule has 2 aliphatic rings. The van der Waals surface area contributed by atoms with E-state index in [4.69, 9.17) is 9.47 Å². The highest BCUT2D eigenvalue weighted by Gasteiger charge is 2.23. The summed E-state index contributed by atoms with van der Waals surface area (Å²) in [5.41, 5.74) is 6.10. The Morgan fingerprint density at radius 2 is 1.19 bits per heavy atom. The van der Waals surface area contributed by atoms with Gasteiger partial charge in [0.2, 0.25) is 0 Å². The first-order chi connectivity index (χ1) is 13.2. The molecule has 0 N–H and O–H groups in total. The molecular weight excluding hydrogens is 338 g/mol. The molecule has 5 heteroatoms. The maximum Gasteiger partial charge on any atom is 0.0594 e. The lowest BCUT2D eigenvalue weighted by atomic mass is 10.1. The van der Waals surface area contributed by atoms with Crippen LogP contribution >= 0.6 is 0 Å². The molecule has 0 aliphatic carbocycles. The molecule has 2 aliphatic heterocycles. The summed E-state index contributed by atoms with van der Waals surface area (Å²) in [4.78, 5) is 5.13. The molecule has 0 aromatic carbocycles. The number of unbranched alkanes of at least 4 members (excludes halogenated alkanes) is 3. The molecule has 2 fully saturated rings.